The van der Waals surface area contributed by atoms with E-state index < -0.39 is 6.10 Å². The molecule has 3 unspecified atom stereocenters. The molecular formula is C11H18N2O3. The summed E-state index contributed by atoms with van der Waals surface area (Å²) in [5.41, 5.74) is 0. The van der Waals surface area contributed by atoms with Crippen LogP contribution in [0.5, 0.6) is 0 Å². The average Bonchev–Trinajstić information content (AvgIpc) is 2.86. The highest BCUT2D eigenvalue weighted by molar-refractivity contribution is 4.96. The third kappa shape index (κ3) is 2.25. The van der Waals surface area contributed by atoms with Gasteiger partial charge in [-0.3, -0.25) is 0 Å². The van der Waals surface area contributed by atoms with Gasteiger partial charge < -0.3 is 14.4 Å². The zero-order valence-electron chi connectivity index (χ0n) is 9.72. The normalized spacial score (nSPS) is 27.2. The van der Waals surface area contributed by atoms with Crippen molar-refractivity contribution >= 4 is 0 Å². The second-order valence-electron chi connectivity index (χ2n) is 4.35. The standard InChI is InChI=1S/C11H18N2O3/c1-3-4-8(14)10-12-11(16-13-10)9-7(2)5-6-15-9/h7-9,14H,3-6H2,1-2H3. The van der Waals surface area contributed by atoms with E-state index in [9.17, 15) is 5.11 Å². The number of aliphatic hydroxyl groups excluding tert-OH is 1. The molecule has 1 aromatic heterocycles. The van der Waals surface area contributed by atoms with Gasteiger partial charge in [-0.15, -0.1) is 0 Å². The van der Waals surface area contributed by atoms with E-state index in [1.807, 2.05) is 6.92 Å². The van der Waals surface area contributed by atoms with Crippen molar-refractivity contribution in [3.8, 4) is 0 Å². The second-order valence-corrected chi connectivity index (χ2v) is 4.35. The Balaban J connectivity index is 2.06. The van der Waals surface area contributed by atoms with E-state index in [-0.39, 0.29) is 6.10 Å². The number of ether oxygens (including phenoxy) is 1. The van der Waals surface area contributed by atoms with Crippen LogP contribution >= 0.6 is 0 Å². The average molecular weight is 226 g/mol. The molecule has 0 radical (unpaired) electrons. The maximum atomic E-state index is 9.72. The van der Waals surface area contributed by atoms with Crippen molar-refractivity contribution in [3.63, 3.8) is 0 Å². The van der Waals surface area contributed by atoms with Crippen LogP contribution in [-0.2, 0) is 4.74 Å². The summed E-state index contributed by atoms with van der Waals surface area (Å²) in [6, 6.07) is 0. The molecule has 5 nitrogen and oxygen atoms in total. The van der Waals surface area contributed by atoms with Crippen LogP contribution in [0.15, 0.2) is 4.52 Å². The molecule has 16 heavy (non-hydrogen) atoms. The lowest BCUT2D eigenvalue weighted by Gasteiger charge is -2.08. The van der Waals surface area contributed by atoms with Crippen LogP contribution < -0.4 is 0 Å². The van der Waals surface area contributed by atoms with E-state index in [0.717, 1.165) is 19.4 Å². The highest BCUT2D eigenvalue weighted by atomic mass is 16.5. The minimum Gasteiger partial charge on any atom is -0.385 e. The van der Waals surface area contributed by atoms with Gasteiger partial charge in [0.25, 0.3) is 5.89 Å². The van der Waals surface area contributed by atoms with E-state index in [1.165, 1.54) is 0 Å². The largest absolute Gasteiger partial charge is 0.385 e. The summed E-state index contributed by atoms with van der Waals surface area (Å²) < 4.78 is 10.7. The molecular weight excluding hydrogens is 208 g/mol. The third-order valence-electron chi connectivity index (χ3n) is 2.95. The topological polar surface area (TPSA) is 68.4 Å². The van der Waals surface area contributed by atoms with Crippen molar-refractivity contribution in [3.05, 3.63) is 11.7 Å². The molecule has 90 valence electrons. The van der Waals surface area contributed by atoms with Crippen molar-refractivity contribution in [2.75, 3.05) is 6.61 Å². The minimum absolute atomic E-state index is 0.102. The van der Waals surface area contributed by atoms with E-state index in [2.05, 4.69) is 17.1 Å². The first kappa shape index (κ1) is 11.5. The van der Waals surface area contributed by atoms with Crippen LogP contribution in [0.4, 0.5) is 0 Å². The summed E-state index contributed by atoms with van der Waals surface area (Å²) in [7, 11) is 0. The van der Waals surface area contributed by atoms with Gasteiger partial charge in [-0.25, -0.2) is 0 Å². The van der Waals surface area contributed by atoms with Crippen molar-refractivity contribution in [1.29, 1.82) is 0 Å². The van der Waals surface area contributed by atoms with Crippen LogP contribution in [0.1, 0.15) is 57.0 Å². The molecule has 1 saturated heterocycles. The maximum Gasteiger partial charge on any atom is 0.256 e. The Labute approximate surface area is 94.8 Å². The van der Waals surface area contributed by atoms with Crippen molar-refractivity contribution in [2.45, 2.75) is 45.3 Å². The van der Waals surface area contributed by atoms with Gasteiger partial charge in [0.15, 0.2) is 5.82 Å². The number of hydrogen-bond acceptors (Lipinski definition) is 5. The number of aliphatic hydroxyl groups is 1. The molecule has 0 amide bonds. The third-order valence-corrected chi connectivity index (χ3v) is 2.95. The Morgan fingerprint density at radius 2 is 2.38 bits per heavy atom. The van der Waals surface area contributed by atoms with Crippen LogP contribution in [-0.4, -0.2) is 21.9 Å². The lowest BCUT2D eigenvalue weighted by Crippen LogP contribution is -2.05. The number of aromatic nitrogens is 2. The Bertz CT molecular complexity index is 340. The Morgan fingerprint density at radius 3 is 3.00 bits per heavy atom. The molecule has 0 bridgehead atoms. The quantitative estimate of drug-likeness (QED) is 0.850. The van der Waals surface area contributed by atoms with E-state index in [4.69, 9.17) is 9.26 Å². The van der Waals surface area contributed by atoms with Gasteiger partial charge in [0.1, 0.15) is 12.2 Å². The summed E-state index contributed by atoms with van der Waals surface area (Å²) in [5, 5.41) is 13.5. The van der Waals surface area contributed by atoms with E-state index in [1.54, 1.807) is 0 Å². The summed E-state index contributed by atoms with van der Waals surface area (Å²) in [6.45, 7) is 4.84. The molecule has 1 aliphatic rings. The fourth-order valence-electron chi connectivity index (χ4n) is 1.91. The molecule has 0 spiro atoms. The fourth-order valence-corrected chi connectivity index (χ4v) is 1.91. The second kappa shape index (κ2) is 4.93. The van der Waals surface area contributed by atoms with Gasteiger partial charge in [-0.1, -0.05) is 25.4 Å². The molecule has 5 heteroatoms. The van der Waals surface area contributed by atoms with Gasteiger partial charge in [0.05, 0.1) is 0 Å². The number of hydrogen-bond donors (Lipinski definition) is 1. The fraction of sp³-hybridized carbons (Fsp3) is 0.818. The number of nitrogens with zero attached hydrogens (tertiary/aromatic N) is 2. The zero-order valence-corrected chi connectivity index (χ0v) is 9.72. The molecule has 0 aliphatic carbocycles. The van der Waals surface area contributed by atoms with Crippen LogP contribution in [0.2, 0.25) is 0 Å². The van der Waals surface area contributed by atoms with Crippen LogP contribution in [0.25, 0.3) is 0 Å². The van der Waals surface area contributed by atoms with E-state index >= 15 is 0 Å². The summed E-state index contributed by atoms with van der Waals surface area (Å²) >= 11 is 0. The highest BCUT2D eigenvalue weighted by Gasteiger charge is 2.31. The first-order valence-corrected chi connectivity index (χ1v) is 5.85. The van der Waals surface area contributed by atoms with Gasteiger partial charge >= 0.3 is 0 Å². The maximum absolute atomic E-state index is 9.72. The van der Waals surface area contributed by atoms with Gasteiger partial charge in [-0.05, 0) is 18.8 Å². The minimum atomic E-state index is -0.626. The van der Waals surface area contributed by atoms with E-state index in [0.29, 0.717) is 24.1 Å². The Kier molecular flexibility index (Phi) is 3.56. The molecule has 2 rings (SSSR count). The zero-order chi connectivity index (χ0) is 11.5. The first-order chi connectivity index (χ1) is 7.72. The van der Waals surface area contributed by atoms with Crippen LogP contribution in [0, 0.1) is 5.92 Å². The predicted octanol–water partition coefficient (Wildman–Crippen LogP) is 2.00. The molecule has 1 N–H and O–H groups in total. The summed E-state index contributed by atoms with van der Waals surface area (Å²) in [5.74, 6) is 1.27. The van der Waals surface area contributed by atoms with Crippen molar-refractivity contribution in [1.82, 2.24) is 10.1 Å². The molecule has 1 fully saturated rings. The van der Waals surface area contributed by atoms with Gasteiger partial charge in [0, 0.05) is 6.61 Å². The monoisotopic (exact) mass is 226 g/mol. The van der Waals surface area contributed by atoms with Gasteiger partial charge in [0.2, 0.25) is 0 Å². The smallest absolute Gasteiger partial charge is 0.256 e. The highest BCUT2D eigenvalue weighted by Crippen LogP contribution is 2.33. The Morgan fingerprint density at radius 1 is 1.56 bits per heavy atom. The number of rotatable bonds is 4. The molecule has 0 aromatic carbocycles. The predicted molar refractivity (Wildman–Crippen MR) is 56.6 cm³/mol. The Hall–Kier alpha value is -0.940. The lowest BCUT2D eigenvalue weighted by atomic mass is 10.0. The molecule has 3 atom stereocenters. The lowest BCUT2D eigenvalue weighted by molar-refractivity contribution is 0.0661. The van der Waals surface area contributed by atoms with Crippen molar-refractivity contribution in [2.24, 2.45) is 5.92 Å². The first-order valence-electron chi connectivity index (χ1n) is 5.85. The SMILES string of the molecule is CCCC(O)c1noc(C2OCCC2C)n1. The summed E-state index contributed by atoms with van der Waals surface area (Å²) in [6.07, 6.45) is 1.83. The van der Waals surface area contributed by atoms with Crippen LogP contribution in [0.3, 0.4) is 0 Å². The summed E-state index contributed by atoms with van der Waals surface area (Å²) in [4.78, 5) is 4.21. The molecule has 1 aliphatic heterocycles. The van der Waals surface area contributed by atoms with Gasteiger partial charge in [-0.2, -0.15) is 4.98 Å². The van der Waals surface area contributed by atoms with Crippen molar-refractivity contribution < 1.29 is 14.4 Å². The molecule has 0 saturated carbocycles. The molecule has 2 heterocycles. The molecule has 1 aromatic rings.